The lowest BCUT2D eigenvalue weighted by Crippen LogP contribution is -2.58. The first-order chi connectivity index (χ1) is 16.6. The summed E-state index contributed by atoms with van der Waals surface area (Å²) < 4.78 is 29.4. The molecular weight excluding hydrogens is 452 g/mol. The van der Waals surface area contributed by atoms with Crippen molar-refractivity contribution in [2.24, 2.45) is 0 Å². The molecule has 5 rings (SSSR count). The van der Waals surface area contributed by atoms with E-state index in [1.165, 1.54) is 25.1 Å². The predicted molar refractivity (Wildman–Crippen MR) is 130 cm³/mol. The van der Waals surface area contributed by atoms with Crippen molar-refractivity contribution in [2.45, 2.75) is 63.3 Å². The minimum atomic E-state index is -2.95. The molecule has 0 spiro atoms. The van der Waals surface area contributed by atoms with Crippen molar-refractivity contribution >= 4 is 5.82 Å². The van der Waals surface area contributed by atoms with E-state index < -0.39 is 6.61 Å². The van der Waals surface area contributed by atoms with Crippen molar-refractivity contribution in [1.29, 1.82) is 0 Å². The SMILES string of the molecule is CN(c1ccc(-c2ccc(-c3ccnc(OC(F)F)c3)cc2O)nn1)C1C[C@]2(C)CC[C@](C)(C1)N2. The highest BCUT2D eigenvalue weighted by molar-refractivity contribution is 5.74. The summed E-state index contributed by atoms with van der Waals surface area (Å²) in [6, 6.07) is 12.3. The Bertz CT molecular complexity index is 1210. The number of pyridine rings is 1. The lowest BCUT2D eigenvalue weighted by molar-refractivity contribution is -0.0528. The van der Waals surface area contributed by atoms with Gasteiger partial charge in [0.1, 0.15) is 5.75 Å². The molecule has 2 aliphatic rings. The van der Waals surface area contributed by atoms with Gasteiger partial charge in [0.25, 0.3) is 0 Å². The van der Waals surface area contributed by atoms with E-state index >= 15 is 0 Å². The Labute approximate surface area is 203 Å². The van der Waals surface area contributed by atoms with Crippen LogP contribution in [-0.2, 0) is 0 Å². The second-order valence-electron chi connectivity index (χ2n) is 10.2. The zero-order chi connectivity index (χ0) is 24.8. The van der Waals surface area contributed by atoms with Crippen molar-refractivity contribution in [2.75, 3.05) is 11.9 Å². The van der Waals surface area contributed by atoms with Crippen molar-refractivity contribution in [3.8, 4) is 34.0 Å². The molecule has 0 aliphatic carbocycles. The Morgan fingerprint density at radius 2 is 1.74 bits per heavy atom. The van der Waals surface area contributed by atoms with Crippen molar-refractivity contribution in [1.82, 2.24) is 20.5 Å². The van der Waals surface area contributed by atoms with Crippen molar-refractivity contribution < 1.29 is 18.6 Å². The molecule has 35 heavy (non-hydrogen) atoms. The highest BCUT2D eigenvalue weighted by Crippen LogP contribution is 2.44. The number of phenols is 1. The first-order valence-electron chi connectivity index (χ1n) is 11.7. The van der Waals surface area contributed by atoms with Crippen LogP contribution in [0.1, 0.15) is 39.5 Å². The van der Waals surface area contributed by atoms with E-state index in [4.69, 9.17) is 0 Å². The number of halogens is 2. The quantitative estimate of drug-likeness (QED) is 0.512. The lowest BCUT2D eigenvalue weighted by atomic mass is 9.84. The summed E-state index contributed by atoms with van der Waals surface area (Å²) in [5.41, 5.74) is 2.64. The number of aromatic nitrogens is 3. The van der Waals surface area contributed by atoms with Crippen LogP contribution in [-0.4, -0.2) is 51.1 Å². The molecule has 184 valence electrons. The van der Waals surface area contributed by atoms with Gasteiger partial charge in [0.2, 0.25) is 5.88 Å². The molecule has 0 radical (unpaired) electrons. The highest BCUT2D eigenvalue weighted by Gasteiger charge is 2.49. The van der Waals surface area contributed by atoms with Gasteiger partial charge in [-0.1, -0.05) is 6.07 Å². The van der Waals surface area contributed by atoms with Gasteiger partial charge in [-0.25, -0.2) is 4.98 Å². The molecular formula is C26H29F2N5O2. The van der Waals surface area contributed by atoms with Crippen molar-refractivity contribution in [3.63, 3.8) is 0 Å². The monoisotopic (exact) mass is 481 g/mol. The van der Waals surface area contributed by atoms with Gasteiger partial charge < -0.3 is 20.1 Å². The summed E-state index contributed by atoms with van der Waals surface area (Å²) in [5.74, 6) is 0.630. The maximum absolute atomic E-state index is 12.5. The second kappa shape index (κ2) is 8.71. The Morgan fingerprint density at radius 1 is 1.03 bits per heavy atom. The van der Waals surface area contributed by atoms with Crippen LogP contribution in [0.4, 0.5) is 14.6 Å². The number of benzene rings is 1. The minimum absolute atomic E-state index is 0.0156. The maximum atomic E-state index is 12.5. The number of ether oxygens (including phenoxy) is 1. The Morgan fingerprint density at radius 3 is 2.37 bits per heavy atom. The third kappa shape index (κ3) is 4.77. The smallest absolute Gasteiger partial charge is 0.388 e. The van der Waals surface area contributed by atoms with Gasteiger partial charge >= 0.3 is 6.61 Å². The van der Waals surface area contributed by atoms with Gasteiger partial charge in [0, 0.05) is 42.0 Å². The van der Waals surface area contributed by atoms with Gasteiger partial charge in [-0.15, -0.1) is 10.2 Å². The summed E-state index contributed by atoms with van der Waals surface area (Å²) in [6.45, 7) is 1.65. The standard InChI is InChI=1S/C26H29F2N5O2/c1-25-9-10-26(2,32-25)15-18(14-25)33(3)22-7-6-20(30-31-22)19-5-4-16(12-21(19)34)17-8-11-29-23(13-17)35-24(27)28/h4-8,11-13,18,24,32,34H,9-10,14-15H2,1-3H3/t18?,25-,26+. The number of aromatic hydroxyl groups is 1. The fourth-order valence-corrected chi connectivity index (χ4v) is 5.61. The van der Waals surface area contributed by atoms with Crippen LogP contribution in [0, 0.1) is 0 Å². The van der Waals surface area contributed by atoms with E-state index in [0.29, 0.717) is 28.4 Å². The summed E-state index contributed by atoms with van der Waals surface area (Å²) in [7, 11) is 2.07. The molecule has 9 heteroatoms. The Hall–Kier alpha value is -3.33. The fourth-order valence-electron chi connectivity index (χ4n) is 5.61. The second-order valence-corrected chi connectivity index (χ2v) is 10.2. The normalized spacial score (nSPS) is 25.6. The number of anilines is 1. The number of nitrogens with zero attached hydrogens (tertiary/aromatic N) is 4. The van der Waals surface area contributed by atoms with E-state index in [2.05, 4.69) is 51.0 Å². The molecule has 2 aromatic heterocycles. The molecule has 2 saturated heterocycles. The molecule has 2 bridgehead atoms. The molecule has 2 N–H and O–H groups in total. The van der Waals surface area contributed by atoms with E-state index in [9.17, 15) is 13.9 Å². The van der Waals surface area contributed by atoms with E-state index in [1.54, 1.807) is 24.3 Å². The lowest BCUT2D eigenvalue weighted by Gasteiger charge is -2.45. The highest BCUT2D eigenvalue weighted by atomic mass is 19.3. The number of piperidine rings is 1. The predicted octanol–water partition coefficient (Wildman–Crippen LogP) is 5.01. The van der Waals surface area contributed by atoms with Gasteiger partial charge in [-0.05, 0) is 81.0 Å². The number of alkyl halides is 2. The van der Waals surface area contributed by atoms with Gasteiger partial charge in [-0.3, -0.25) is 0 Å². The molecule has 0 amide bonds. The number of fused-ring (bicyclic) bond motifs is 2. The Balaban J connectivity index is 1.33. The first-order valence-corrected chi connectivity index (χ1v) is 11.7. The minimum Gasteiger partial charge on any atom is -0.507 e. The molecule has 7 nitrogen and oxygen atoms in total. The van der Waals surface area contributed by atoms with Gasteiger partial charge in [0.15, 0.2) is 5.82 Å². The van der Waals surface area contributed by atoms with E-state index in [0.717, 1.165) is 18.7 Å². The van der Waals surface area contributed by atoms with Gasteiger partial charge in [-0.2, -0.15) is 8.78 Å². The van der Waals surface area contributed by atoms with E-state index in [-0.39, 0.29) is 22.7 Å². The topological polar surface area (TPSA) is 83.4 Å². The van der Waals surface area contributed by atoms with Crippen LogP contribution in [0.2, 0.25) is 0 Å². The molecule has 3 aromatic rings. The third-order valence-corrected chi connectivity index (χ3v) is 7.32. The third-order valence-electron chi connectivity index (χ3n) is 7.32. The summed E-state index contributed by atoms with van der Waals surface area (Å²) in [5, 5.41) is 23.3. The fraction of sp³-hybridized carbons (Fsp3) is 0.423. The van der Waals surface area contributed by atoms with Crippen molar-refractivity contribution in [3.05, 3.63) is 48.7 Å². The summed E-state index contributed by atoms with van der Waals surface area (Å²) in [6.07, 6.45) is 5.88. The Kier molecular flexibility index (Phi) is 5.83. The summed E-state index contributed by atoms with van der Waals surface area (Å²) in [4.78, 5) is 5.99. The van der Waals surface area contributed by atoms with Gasteiger partial charge in [0.05, 0.1) is 5.69 Å². The largest absolute Gasteiger partial charge is 0.507 e. The van der Waals surface area contributed by atoms with Crippen LogP contribution in [0.5, 0.6) is 11.6 Å². The number of hydrogen-bond acceptors (Lipinski definition) is 7. The molecule has 3 atom stereocenters. The maximum Gasteiger partial charge on any atom is 0.388 e. The van der Waals surface area contributed by atoms with E-state index in [1.807, 2.05) is 12.1 Å². The van der Waals surface area contributed by atoms with Crippen LogP contribution in [0.3, 0.4) is 0 Å². The molecule has 4 heterocycles. The zero-order valence-electron chi connectivity index (χ0n) is 20.0. The molecule has 0 saturated carbocycles. The molecule has 2 fully saturated rings. The van der Waals surface area contributed by atoms with Crippen LogP contribution >= 0.6 is 0 Å². The number of nitrogens with one attached hydrogen (secondary N) is 1. The average Bonchev–Trinajstić information content (AvgIpc) is 3.05. The molecule has 2 aliphatic heterocycles. The zero-order valence-corrected chi connectivity index (χ0v) is 20.0. The number of rotatable bonds is 6. The first kappa shape index (κ1) is 23.4. The van der Waals surface area contributed by atoms with Crippen LogP contribution in [0.25, 0.3) is 22.4 Å². The van der Waals surface area contributed by atoms with Crippen LogP contribution in [0.15, 0.2) is 48.7 Å². The average molecular weight is 482 g/mol. The number of phenolic OH excluding ortho intramolecular Hbond substituents is 1. The summed E-state index contributed by atoms with van der Waals surface area (Å²) >= 11 is 0. The number of hydrogen-bond donors (Lipinski definition) is 2. The van der Waals surface area contributed by atoms with Crippen LogP contribution < -0.4 is 15.0 Å². The molecule has 1 aromatic carbocycles. The molecule has 1 unspecified atom stereocenters.